The number of hydrogen-bond acceptors (Lipinski definition) is 4. The molecule has 0 aliphatic carbocycles. The predicted octanol–water partition coefficient (Wildman–Crippen LogP) is 3.37. The van der Waals surface area contributed by atoms with Gasteiger partial charge >= 0.3 is 5.69 Å². The molecule has 1 atom stereocenters. The minimum absolute atomic E-state index is 0.150. The van der Waals surface area contributed by atoms with Gasteiger partial charge in [0.15, 0.2) is 11.2 Å². The molecule has 164 valence electrons. The van der Waals surface area contributed by atoms with E-state index in [0.717, 1.165) is 18.4 Å². The Hall–Kier alpha value is -3.23. The molecule has 1 saturated heterocycles. The standard InChI is InChI=1S/C23H20ClFN4O3/c24-16-4-1-3-15(11-16)12-27-14-26-21-20(27)22(30)28(13-19-5-2-10-32-19)23(31)29(21)18-8-6-17(25)7-9-18/h1,3-4,6-9,11,14,19H,2,5,10,12-13H2/t19-/m1/s1. The van der Waals surface area contributed by atoms with E-state index in [4.69, 9.17) is 16.3 Å². The van der Waals surface area contributed by atoms with Crippen LogP contribution in [0.15, 0.2) is 64.4 Å². The average molecular weight is 455 g/mol. The fraction of sp³-hybridized carbons (Fsp3) is 0.261. The van der Waals surface area contributed by atoms with Crippen molar-refractivity contribution in [1.29, 1.82) is 0 Å². The number of nitrogens with zero attached hydrogens (tertiary/aromatic N) is 4. The molecule has 0 bridgehead atoms. The summed E-state index contributed by atoms with van der Waals surface area (Å²) < 4.78 is 23.4. The maximum atomic E-state index is 13.5. The molecule has 0 N–H and O–H groups in total. The monoisotopic (exact) mass is 454 g/mol. The van der Waals surface area contributed by atoms with Gasteiger partial charge in [0.2, 0.25) is 0 Å². The number of benzene rings is 2. The van der Waals surface area contributed by atoms with Gasteiger partial charge in [-0.05, 0) is 54.8 Å². The van der Waals surface area contributed by atoms with Gasteiger partial charge in [-0.2, -0.15) is 0 Å². The lowest BCUT2D eigenvalue weighted by molar-refractivity contribution is 0.0950. The lowest BCUT2D eigenvalue weighted by atomic mass is 10.2. The molecule has 2 aromatic carbocycles. The van der Waals surface area contributed by atoms with Crippen LogP contribution in [0.1, 0.15) is 18.4 Å². The molecule has 1 aliphatic heterocycles. The molecule has 0 amide bonds. The molecule has 4 aromatic rings. The van der Waals surface area contributed by atoms with E-state index >= 15 is 0 Å². The van der Waals surface area contributed by atoms with Gasteiger partial charge in [-0.1, -0.05) is 23.7 Å². The summed E-state index contributed by atoms with van der Waals surface area (Å²) in [5.41, 5.74) is 0.858. The maximum absolute atomic E-state index is 13.5. The smallest absolute Gasteiger partial charge is 0.337 e. The van der Waals surface area contributed by atoms with Crippen LogP contribution in [0, 0.1) is 5.82 Å². The normalized spacial score (nSPS) is 16.1. The first kappa shape index (κ1) is 20.7. The SMILES string of the molecule is O=c1c2c(ncn2Cc2cccc(Cl)c2)n(-c2ccc(F)cc2)c(=O)n1C[C@H]1CCCO1. The highest BCUT2D eigenvalue weighted by molar-refractivity contribution is 6.30. The fourth-order valence-corrected chi connectivity index (χ4v) is 4.32. The number of fused-ring (bicyclic) bond motifs is 1. The van der Waals surface area contributed by atoms with Crippen molar-refractivity contribution in [3.63, 3.8) is 0 Å². The fourth-order valence-electron chi connectivity index (χ4n) is 4.11. The summed E-state index contributed by atoms with van der Waals surface area (Å²) in [6.45, 7) is 1.12. The lowest BCUT2D eigenvalue weighted by Gasteiger charge is -2.15. The van der Waals surface area contributed by atoms with Gasteiger partial charge in [0.1, 0.15) is 5.82 Å². The highest BCUT2D eigenvalue weighted by Crippen LogP contribution is 2.18. The lowest BCUT2D eigenvalue weighted by Crippen LogP contribution is -2.42. The third-order valence-electron chi connectivity index (χ3n) is 5.64. The van der Waals surface area contributed by atoms with Gasteiger partial charge in [0.25, 0.3) is 5.56 Å². The molecule has 9 heteroatoms. The molecule has 0 spiro atoms. The average Bonchev–Trinajstić information content (AvgIpc) is 3.43. The maximum Gasteiger partial charge on any atom is 0.337 e. The summed E-state index contributed by atoms with van der Waals surface area (Å²) >= 11 is 6.11. The number of hydrogen-bond donors (Lipinski definition) is 0. The van der Waals surface area contributed by atoms with Crippen molar-refractivity contribution >= 4 is 22.8 Å². The summed E-state index contributed by atoms with van der Waals surface area (Å²) in [4.78, 5) is 31.2. The minimum Gasteiger partial charge on any atom is -0.376 e. The zero-order chi connectivity index (χ0) is 22.2. The number of ether oxygens (including phenoxy) is 1. The third kappa shape index (κ3) is 3.76. The van der Waals surface area contributed by atoms with Crippen molar-refractivity contribution in [3.05, 3.63) is 92.1 Å². The zero-order valence-corrected chi connectivity index (χ0v) is 17.8. The topological polar surface area (TPSA) is 71.0 Å². The quantitative estimate of drug-likeness (QED) is 0.463. The van der Waals surface area contributed by atoms with Crippen LogP contribution in [0.3, 0.4) is 0 Å². The molecule has 0 saturated carbocycles. The van der Waals surface area contributed by atoms with E-state index in [-0.39, 0.29) is 23.8 Å². The summed E-state index contributed by atoms with van der Waals surface area (Å²) in [5, 5.41) is 0.589. The van der Waals surface area contributed by atoms with E-state index in [1.54, 1.807) is 10.6 Å². The number of imidazole rings is 1. The van der Waals surface area contributed by atoms with Crippen LogP contribution >= 0.6 is 11.6 Å². The first-order valence-corrected chi connectivity index (χ1v) is 10.7. The van der Waals surface area contributed by atoms with E-state index in [1.165, 1.54) is 39.7 Å². The summed E-state index contributed by atoms with van der Waals surface area (Å²) in [7, 11) is 0. The van der Waals surface area contributed by atoms with Crippen molar-refractivity contribution < 1.29 is 9.13 Å². The molecular formula is C23H20ClFN4O3. The molecule has 3 heterocycles. The summed E-state index contributed by atoms with van der Waals surface area (Å²) in [6.07, 6.45) is 3.00. The first-order valence-electron chi connectivity index (χ1n) is 10.3. The Balaban J connectivity index is 1.72. The van der Waals surface area contributed by atoms with Crippen molar-refractivity contribution in [2.45, 2.75) is 32.0 Å². The van der Waals surface area contributed by atoms with Gasteiger partial charge in [0, 0.05) is 18.2 Å². The van der Waals surface area contributed by atoms with Gasteiger partial charge < -0.3 is 9.30 Å². The van der Waals surface area contributed by atoms with E-state index in [9.17, 15) is 14.0 Å². The molecule has 2 aromatic heterocycles. The largest absolute Gasteiger partial charge is 0.376 e. The van der Waals surface area contributed by atoms with Crippen LogP contribution in [0.2, 0.25) is 5.02 Å². The molecule has 7 nitrogen and oxygen atoms in total. The Morgan fingerprint density at radius 3 is 2.69 bits per heavy atom. The Labute approximate surface area is 187 Å². The van der Waals surface area contributed by atoms with Crippen molar-refractivity contribution in [1.82, 2.24) is 18.7 Å². The molecule has 1 aliphatic rings. The molecule has 5 rings (SSSR count). The number of aromatic nitrogens is 4. The van der Waals surface area contributed by atoms with E-state index in [0.29, 0.717) is 23.9 Å². The van der Waals surface area contributed by atoms with Crippen molar-refractivity contribution in [2.75, 3.05) is 6.61 Å². The second-order valence-electron chi connectivity index (χ2n) is 7.82. The Morgan fingerprint density at radius 2 is 1.97 bits per heavy atom. The van der Waals surface area contributed by atoms with E-state index in [2.05, 4.69) is 4.98 Å². The minimum atomic E-state index is -0.530. The Kier molecular flexibility index (Phi) is 5.40. The van der Waals surface area contributed by atoms with Crippen LogP contribution in [0.25, 0.3) is 16.9 Å². The first-order chi connectivity index (χ1) is 15.5. The van der Waals surface area contributed by atoms with Crippen molar-refractivity contribution in [2.24, 2.45) is 0 Å². The van der Waals surface area contributed by atoms with Crippen LogP contribution in [-0.2, 0) is 17.8 Å². The Bertz CT molecular complexity index is 1400. The van der Waals surface area contributed by atoms with Gasteiger partial charge in [0.05, 0.1) is 24.7 Å². The van der Waals surface area contributed by atoms with Gasteiger partial charge in [-0.15, -0.1) is 0 Å². The van der Waals surface area contributed by atoms with E-state index < -0.39 is 17.1 Å². The highest BCUT2D eigenvalue weighted by atomic mass is 35.5. The Morgan fingerprint density at radius 1 is 1.16 bits per heavy atom. The molecule has 32 heavy (non-hydrogen) atoms. The highest BCUT2D eigenvalue weighted by Gasteiger charge is 2.23. The molecule has 0 radical (unpaired) electrons. The van der Waals surface area contributed by atoms with Crippen LogP contribution in [0.5, 0.6) is 0 Å². The molecule has 0 unspecified atom stereocenters. The predicted molar refractivity (Wildman–Crippen MR) is 119 cm³/mol. The van der Waals surface area contributed by atoms with Gasteiger partial charge in [-0.25, -0.2) is 18.7 Å². The number of rotatable bonds is 5. The zero-order valence-electron chi connectivity index (χ0n) is 17.1. The molecular weight excluding hydrogens is 435 g/mol. The van der Waals surface area contributed by atoms with Crippen LogP contribution < -0.4 is 11.2 Å². The summed E-state index contributed by atoms with van der Waals surface area (Å²) in [5.74, 6) is -0.419. The second-order valence-corrected chi connectivity index (χ2v) is 8.26. The summed E-state index contributed by atoms with van der Waals surface area (Å²) in [6, 6.07) is 12.9. The number of halogens is 2. The van der Waals surface area contributed by atoms with Gasteiger partial charge in [-0.3, -0.25) is 9.36 Å². The third-order valence-corrected chi connectivity index (χ3v) is 5.87. The van der Waals surface area contributed by atoms with Crippen LogP contribution in [0.4, 0.5) is 4.39 Å². The van der Waals surface area contributed by atoms with Crippen LogP contribution in [-0.4, -0.2) is 31.4 Å². The van der Waals surface area contributed by atoms with E-state index in [1.807, 2.05) is 18.2 Å². The molecule has 1 fully saturated rings. The second kappa shape index (κ2) is 8.37. The van der Waals surface area contributed by atoms with Crippen molar-refractivity contribution in [3.8, 4) is 5.69 Å².